The van der Waals surface area contributed by atoms with E-state index in [1.807, 2.05) is 31.3 Å². The number of fused-ring (bicyclic) bond motifs is 1. The number of hydrogen-bond acceptors (Lipinski definition) is 2. The molecular weight excluding hydrogens is 259 g/mol. The monoisotopic (exact) mass is 272 g/mol. The van der Waals surface area contributed by atoms with Crippen LogP contribution in [0.3, 0.4) is 0 Å². The van der Waals surface area contributed by atoms with Crippen LogP contribution in [0.25, 0.3) is 11.0 Å². The number of thioether (sulfide) groups is 1. The molecule has 4 heteroatoms. The van der Waals surface area contributed by atoms with E-state index >= 15 is 0 Å². The zero-order valence-electron chi connectivity index (χ0n) is 10.5. The van der Waals surface area contributed by atoms with Crippen LogP contribution in [0.2, 0.25) is 0 Å². The summed E-state index contributed by atoms with van der Waals surface area (Å²) in [5.74, 6) is 0.526. The topological polar surface area (TPSA) is 17.8 Å². The highest BCUT2D eigenvalue weighted by molar-refractivity contribution is 7.98. The Kier molecular flexibility index (Phi) is 3.25. The Morgan fingerprint density at radius 1 is 1.16 bits per heavy atom. The minimum Gasteiger partial charge on any atom is -0.322 e. The van der Waals surface area contributed by atoms with Crippen molar-refractivity contribution in [3.8, 4) is 0 Å². The third-order valence-electron chi connectivity index (χ3n) is 3.00. The fourth-order valence-electron chi connectivity index (χ4n) is 2.03. The van der Waals surface area contributed by atoms with E-state index < -0.39 is 0 Å². The van der Waals surface area contributed by atoms with Gasteiger partial charge in [0.2, 0.25) is 0 Å². The Hall–Kier alpha value is -1.81. The van der Waals surface area contributed by atoms with Gasteiger partial charge < -0.3 is 4.57 Å². The zero-order valence-corrected chi connectivity index (χ0v) is 11.3. The summed E-state index contributed by atoms with van der Waals surface area (Å²) < 4.78 is 15.2. The summed E-state index contributed by atoms with van der Waals surface area (Å²) in [6.07, 6.45) is 0. The molecule has 0 N–H and O–H groups in total. The van der Waals surface area contributed by atoms with Gasteiger partial charge in [0.1, 0.15) is 5.82 Å². The second-order valence-electron chi connectivity index (χ2n) is 4.36. The number of halogens is 1. The smallest absolute Gasteiger partial charge is 0.169 e. The average molecular weight is 272 g/mol. The van der Waals surface area contributed by atoms with E-state index in [-0.39, 0.29) is 5.82 Å². The van der Waals surface area contributed by atoms with E-state index in [1.165, 1.54) is 6.07 Å². The maximum absolute atomic E-state index is 13.1. The lowest BCUT2D eigenvalue weighted by molar-refractivity contribution is 0.626. The fourth-order valence-corrected chi connectivity index (χ4v) is 2.96. The van der Waals surface area contributed by atoms with Crippen LogP contribution in [0.1, 0.15) is 5.56 Å². The van der Waals surface area contributed by atoms with Crippen molar-refractivity contribution < 1.29 is 4.39 Å². The van der Waals surface area contributed by atoms with Gasteiger partial charge in [0.25, 0.3) is 0 Å². The number of rotatable bonds is 3. The third kappa shape index (κ3) is 2.49. The van der Waals surface area contributed by atoms with Gasteiger partial charge in [0.15, 0.2) is 5.16 Å². The number of imidazole rings is 1. The number of para-hydroxylation sites is 2. The lowest BCUT2D eigenvalue weighted by atomic mass is 10.2. The SMILES string of the molecule is Cn1c(SCc2cccc(F)c2)nc2ccccc21. The molecule has 3 aromatic rings. The maximum Gasteiger partial charge on any atom is 0.169 e. The summed E-state index contributed by atoms with van der Waals surface area (Å²) in [5.41, 5.74) is 3.08. The molecule has 0 aliphatic rings. The van der Waals surface area contributed by atoms with Crippen LogP contribution in [-0.4, -0.2) is 9.55 Å². The summed E-state index contributed by atoms with van der Waals surface area (Å²) in [7, 11) is 2.00. The van der Waals surface area contributed by atoms with E-state index in [0.29, 0.717) is 0 Å². The molecule has 0 radical (unpaired) electrons. The van der Waals surface area contributed by atoms with Gasteiger partial charge in [-0.2, -0.15) is 0 Å². The number of hydrogen-bond donors (Lipinski definition) is 0. The van der Waals surface area contributed by atoms with Crippen LogP contribution in [0, 0.1) is 5.82 Å². The summed E-state index contributed by atoms with van der Waals surface area (Å²) in [6, 6.07) is 14.7. The Morgan fingerprint density at radius 3 is 2.79 bits per heavy atom. The van der Waals surface area contributed by atoms with Crippen molar-refractivity contribution >= 4 is 22.8 Å². The van der Waals surface area contributed by atoms with Crippen molar-refractivity contribution in [2.75, 3.05) is 0 Å². The molecule has 1 aromatic heterocycles. The van der Waals surface area contributed by atoms with Gasteiger partial charge in [-0.3, -0.25) is 0 Å². The number of benzene rings is 2. The molecule has 3 rings (SSSR count). The van der Waals surface area contributed by atoms with Gasteiger partial charge in [-0.25, -0.2) is 9.37 Å². The summed E-state index contributed by atoms with van der Waals surface area (Å²) in [6.45, 7) is 0. The first-order valence-electron chi connectivity index (χ1n) is 6.03. The van der Waals surface area contributed by atoms with E-state index in [0.717, 1.165) is 27.5 Å². The van der Waals surface area contributed by atoms with Crippen molar-refractivity contribution in [2.24, 2.45) is 7.05 Å². The molecule has 0 atom stereocenters. The van der Waals surface area contributed by atoms with Crippen molar-refractivity contribution in [2.45, 2.75) is 10.9 Å². The maximum atomic E-state index is 13.1. The van der Waals surface area contributed by atoms with E-state index in [9.17, 15) is 4.39 Å². The molecule has 0 amide bonds. The highest BCUT2D eigenvalue weighted by Gasteiger charge is 2.07. The molecule has 0 unspecified atom stereocenters. The van der Waals surface area contributed by atoms with Gasteiger partial charge in [0, 0.05) is 12.8 Å². The molecule has 0 aliphatic heterocycles. The lowest BCUT2D eigenvalue weighted by Gasteiger charge is -2.02. The van der Waals surface area contributed by atoms with Crippen LogP contribution in [0.15, 0.2) is 53.7 Å². The average Bonchev–Trinajstić information content (AvgIpc) is 2.74. The summed E-state index contributed by atoms with van der Waals surface area (Å²) in [5, 5.41) is 0.950. The first-order valence-corrected chi connectivity index (χ1v) is 7.01. The standard InChI is InChI=1S/C15H13FN2S/c1-18-14-8-3-2-7-13(14)17-15(18)19-10-11-5-4-6-12(16)9-11/h2-9H,10H2,1H3. The van der Waals surface area contributed by atoms with Crippen LogP contribution < -0.4 is 0 Å². The van der Waals surface area contributed by atoms with Crippen molar-refractivity contribution in [1.82, 2.24) is 9.55 Å². The number of nitrogens with zero attached hydrogens (tertiary/aromatic N) is 2. The summed E-state index contributed by atoms with van der Waals surface area (Å²) >= 11 is 1.62. The molecule has 2 aromatic carbocycles. The molecule has 0 saturated carbocycles. The van der Waals surface area contributed by atoms with Gasteiger partial charge in [-0.1, -0.05) is 36.0 Å². The van der Waals surface area contributed by atoms with Crippen molar-refractivity contribution in [3.05, 3.63) is 59.9 Å². The van der Waals surface area contributed by atoms with E-state index in [4.69, 9.17) is 0 Å². The molecule has 0 fully saturated rings. The first-order chi connectivity index (χ1) is 9.24. The van der Waals surface area contributed by atoms with Crippen LogP contribution in [0.4, 0.5) is 4.39 Å². The number of aromatic nitrogens is 2. The second-order valence-corrected chi connectivity index (χ2v) is 5.30. The normalized spacial score (nSPS) is 11.1. The fraction of sp³-hybridized carbons (Fsp3) is 0.133. The molecule has 0 bridgehead atoms. The second kappa shape index (κ2) is 5.05. The molecule has 0 spiro atoms. The Morgan fingerprint density at radius 2 is 2.00 bits per heavy atom. The molecule has 96 valence electrons. The predicted molar refractivity (Wildman–Crippen MR) is 76.7 cm³/mol. The minimum absolute atomic E-state index is 0.192. The zero-order chi connectivity index (χ0) is 13.2. The Labute approximate surface area is 115 Å². The van der Waals surface area contributed by atoms with Crippen LogP contribution >= 0.6 is 11.8 Å². The largest absolute Gasteiger partial charge is 0.322 e. The molecular formula is C15H13FN2S. The minimum atomic E-state index is -0.192. The molecule has 2 nitrogen and oxygen atoms in total. The Bertz CT molecular complexity index is 721. The van der Waals surface area contributed by atoms with Gasteiger partial charge >= 0.3 is 0 Å². The highest BCUT2D eigenvalue weighted by Crippen LogP contribution is 2.25. The summed E-state index contributed by atoms with van der Waals surface area (Å²) in [4.78, 5) is 4.58. The van der Waals surface area contributed by atoms with Crippen LogP contribution in [0.5, 0.6) is 0 Å². The van der Waals surface area contributed by atoms with Crippen molar-refractivity contribution in [3.63, 3.8) is 0 Å². The number of aryl methyl sites for hydroxylation is 1. The van der Waals surface area contributed by atoms with Gasteiger partial charge in [0.05, 0.1) is 11.0 Å². The highest BCUT2D eigenvalue weighted by atomic mass is 32.2. The van der Waals surface area contributed by atoms with E-state index in [1.54, 1.807) is 23.9 Å². The third-order valence-corrected chi connectivity index (χ3v) is 4.10. The van der Waals surface area contributed by atoms with Crippen molar-refractivity contribution in [1.29, 1.82) is 0 Å². The molecule has 1 heterocycles. The predicted octanol–water partition coefficient (Wildman–Crippen LogP) is 4.00. The molecule has 0 aliphatic carbocycles. The molecule has 0 saturated heterocycles. The van der Waals surface area contributed by atoms with Gasteiger partial charge in [-0.05, 0) is 29.8 Å². The lowest BCUT2D eigenvalue weighted by Crippen LogP contribution is -1.91. The quantitative estimate of drug-likeness (QED) is 0.671. The Balaban J connectivity index is 1.84. The van der Waals surface area contributed by atoms with Crippen LogP contribution in [-0.2, 0) is 12.8 Å². The van der Waals surface area contributed by atoms with E-state index in [2.05, 4.69) is 15.6 Å². The molecule has 19 heavy (non-hydrogen) atoms. The van der Waals surface area contributed by atoms with Gasteiger partial charge in [-0.15, -0.1) is 0 Å². The first kappa shape index (κ1) is 12.2.